The van der Waals surface area contributed by atoms with Gasteiger partial charge in [-0.2, -0.15) is 0 Å². The van der Waals surface area contributed by atoms with Crippen LogP contribution in [0.2, 0.25) is 0 Å². The highest BCUT2D eigenvalue weighted by atomic mass is 35.5. The molecule has 0 aliphatic heterocycles. The molecule has 2 atom stereocenters. The molecular formula is C14H23ClFNO2. The van der Waals surface area contributed by atoms with Gasteiger partial charge in [0.05, 0.1) is 19.3 Å². The Labute approximate surface area is 120 Å². The van der Waals surface area contributed by atoms with Crippen molar-refractivity contribution in [2.24, 2.45) is 11.7 Å². The molecule has 3 nitrogen and oxygen atoms in total. The first-order valence-corrected chi connectivity index (χ1v) is 6.22. The van der Waals surface area contributed by atoms with Crippen LogP contribution in [0.1, 0.15) is 38.3 Å². The zero-order valence-electron chi connectivity index (χ0n) is 11.6. The van der Waals surface area contributed by atoms with Crippen LogP contribution < -0.4 is 10.5 Å². The first kappa shape index (κ1) is 18.2. The number of methoxy groups -OCH3 is 1. The number of rotatable bonds is 6. The Kier molecular flexibility index (Phi) is 7.99. The van der Waals surface area contributed by atoms with Crippen LogP contribution in [0.4, 0.5) is 4.39 Å². The molecule has 110 valence electrons. The molecule has 0 unspecified atom stereocenters. The van der Waals surface area contributed by atoms with Gasteiger partial charge >= 0.3 is 0 Å². The Morgan fingerprint density at radius 3 is 2.47 bits per heavy atom. The Morgan fingerprint density at radius 1 is 1.32 bits per heavy atom. The zero-order chi connectivity index (χ0) is 13.7. The molecule has 0 amide bonds. The lowest BCUT2D eigenvalue weighted by Gasteiger charge is -2.21. The normalized spacial score (nSPS) is 13.8. The molecule has 1 aromatic rings. The van der Waals surface area contributed by atoms with Crippen LogP contribution in [0.3, 0.4) is 0 Å². The van der Waals surface area contributed by atoms with E-state index in [1.165, 1.54) is 19.2 Å². The third kappa shape index (κ3) is 5.35. The van der Waals surface area contributed by atoms with Crippen LogP contribution in [-0.4, -0.2) is 18.3 Å². The van der Waals surface area contributed by atoms with Gasteiger partial charge in [-0.25, -0.2) is 4.39 Å². The fourth-order valence-corrected chi connectivity index (χ4v) is 1.80. The van der Waals surface area contributed by atoms with Crippen LogP contribution in [0, 0.1) is 11.7 Å². The maximum atomic E-state index is 13.7. The molecular weight excluding hydrogens is 269 g/mol. The summed E-state index contributed by atoms with van der Waals surface area (Å²) in [7, 11) is 1.51. The van der Waals surface area contributed by atoms with Crippen molar-refractivity contribution in [3.63, 3.8) is 0 Å². The van der Waals surface area contributed by atoms with Crippen LogP contribution >= 0.6 is 12.4 Å². The van der Waals surface area contributed by atoms with E-state index in [0.717, 1.165) is 6.42 Å². The van der Waals surface area contributed by atoms with Gasteiger partial charge in [-0.15, -0.1) is 12.4 Å². The van der Waals surface area contributed by atoms with Crippen molar-refractivity contribution in [3.05, 3.63) is 29.6 Å². The number of halogens is 2. The summed E-state index contributed by atoms with van der Waals surface area (Å²) in [6, 6.07) is 3.66. The van der Waals surface area contributed by atoms with E-state index in [9.17, 15) is 9.50 Å². The van der Waals surface area contributed by atoms with Gasteiger partial charge in [-0.3, -0.25) is 0 Å². The molecule has 3 N–H and O–H groups in total. The lowest BCUT2D eigenvalue weighted by atomic mass is 9.95. The average molecular weight is 292 g/mol. The molecule has 0 aliphatic carbocycles. The first-order valence-electron chi connectivity index (χ1n) is 6.22. The summed E-state index contributed by atoms with van der Waals surface area (Å²) in [6.07, 6.45) is 0.685. The van der Waals surface area contributed by atoms with Gasteiger partial charge in [0, 0.05) is 5.56 Å². The van der Waals surface area contributed by atoms with Gasteiger partial charge in [0.25, 0.3) is 0 Å². The van der Waals surface area contributed by atoms with Gasteiger partial charge < -0.3 is 15.6 Å². The zero-order valence-corrected chi connectivity index (χ0v) is 12.4. The summed E-state index contributed by atoms with van der Waals surface area (Å²) in [6.45, 7) is 4.15. The van der Waals surface area contributed by atoms with E-state index in [4.69, 9.17) is 10.5 Å². The topological polar surface area (TPSA) is 55.5 Å². The van der Waals surface area contributed by atoms with Crippen LogP contribution in [0.5, 0.6) is 5.75 Å². The number of aliphatic hydroxyl groups excluding tert-OH is 1. The summed E-state index contributed by atoms with van der Waals surface area (Å²) in [4.78, 5) is 0. The molecule has 0 bridgehead atoms. The van der Waals surface area contributed by atoms with Gasteiger partial charge in [0.1, 0.15) is 11.6 Å². The van der Waals surface area contributed by atoms with E-state index < -0.39 is 18.0 Å². The summed E-state index contributed by atoms with van der Waals surface area (Å²) < 4.78 is 18.7. The Bertz CT molecular complexity index is 388. The first-order chi connectivity index (χ1) is 8.45. The van der Waals surface area contributed by atoms with Gasteiger partial charge in [-0.05, 0) is 37.0 Å². The van der Waals surface area contributed by atoms with Crippen molar-refractivity contribution < 1.29 is 14.2 Å². The molecule has 0 aliphatic rings. The Hall–Kier alpha value is -0.840. The lowest BCUT2D eigenvalue weighted by Crippen LogP contribution is -2.27. The maximum absolute atomic E-state index is 13.7. The molecule has 0 fully saturated rings. The standard InChI is InChI=1S/C14H22FNO2.ClH/c1-9(2)4-7-13(17)14(16)11-8-10(18-3)5-6-12(11)15;/h5-6,8-9,13-14,17H,4,7,16H2,1-3H3;1H/t13-,14+;/m1./s1. The largest absolute Gasteiger partial charge is 0.497 e. The van der Waals surface area contributed by atoms with Crippen molar-refractivity contribution in [1.29, 1.82) is 0 Å². The Morgan fingerprint density at radius 2 is 1.95 bits per heavy atom. The van der Waals surface area contributed by atoms with E-state index in [0.29, 0.717) is 23.7 Å². The highest BCUT2D eigenvalue weighted by Crippen LogP contribution is 2.25. The SMILES string of the molecule is COc1ccc(F)c([C@H](N)[C@H](O)CCC(C)C)c1.Cl. The van der Waals surface area contributed by atoms with Crippen molar-refractivity contribution in [2.75, 3.05) is 7.11 Å². The maximum Gasteiger partial charge on any atom is 0.128 e. The van der Waals surface area contributed by atoms with Crippen LogP contribution in [-0.2, 0) is 0 Å². The van der Waals surface area contributed by atoms with Crippen molar-refractivity contribution in [1.82, 2.24) is 0 Å². The van der Waals surface area contributed by atoms with E-state index in [1.807, 2.05) is 0 Å². The number of benzene rings is 1. The van der Waals surface area contributed by atoms with Gasteiger partial charge in [0.15, 0.2) is 0 Å². The number of ether oxygens (including phenoxy) is 1. The molecule has 0 heterocycles. The highest BCUT2D eigenvalue weighted by molar-refractivity contribution is 5.85. The molecule has 0 radical (unpaired) electrons. The van der Waals surface area contributed by atoms with Crippen LogP contribution in [0.25, 0.3) is 0 Å². The summed E-state index contributed by atoms with van der Waals surface area (Å²) in [5, 5.41) is 9.98. The number of hydrogen-bond acceptors (Lipinski definition) is 3. The predicted molar refractivity (Wildman–Crippen MR) is 77.2 cm³/mol. The third-order valence-corrected chi connectivity index (χ3v) is 3.02. The van der Waals surface area contributed by atoms with E-state index >= 15 is 0 Å². The number of aliphatic hydroxyl groups is 1. The predicted octanol–water partition coefficient (Wildman–Crippen LogP) is 3.05. The molecule has 5 heteroatoms. The average Bonchev–Trinajstić information content (AvgIpc) is 2.35. The minimum atomic E-state index is -0.742. The molecule has 1 aromatic carbocycles. The highest BCUT2D eigenvalue weighted by Gasteiger charge is 2.20. The second-order valence-corrected chi connectivity index (χ2v) is 4.95. The Balaban J connectivity index is 0.00000324. The minimum absolute atomic E-state index is 0. The summed E-state index contributed by atoms with van der Waals surface area (Å²) in [5.41, 5.74) is 6.20. The second kappa shape index (κ2) is 8.35. The fourth-order valence-electron chi connectivity index (χ4n) is 1.80. The van der Waals surface area contributed by atoms with Crippen molar-refractivity contribution in [3.8, 4) is 5.75 Å². The number of hydrogen-bond donors (Lipinski definition) is 2. The fraction of sp³-hybridized carbons (Fsp3) is 0.571. The summed E-state index contributed by atoms with van der Waals surface area (Å²) in [5.74, 6) is 0.617. The second-order valence-electron chi connectivity index (χ2n) is 4.95. The monoisotopic (exact) mass is 291 g/mol. The van der Waals surface area contributed by atoms with Crippen LogP contribution in [0.15, 0.2) is 18.2 Å². The lowest BCUT2D eigenvalue weighted by molar-refractivity contribution is 0.126. The van der Waals surface area contributed by atoms with E-state index in [-0.39, 0.29) is 12.4 Å². The smallest absolute Gasteiger partial charge is 0.128 e. The molecule has 0 spiro atoms. The van der Waals surface area contributed by atoms with E-state index in [2.05, 4.69) is 13.8 Å². The van der Waals surface area contributed by atoms with Gasteiger partial charge in [0.2, 0.25) is 0 Å². The molecule has 0 saturated heterocycles. The third-order valence-electron chi connectivity index (χ3n) is 3.02. The van der Waals surface area contributed by atoms with Crippen molar-refractivity contribution >= 4 is 12.4 Å². The summed E-state index contributed by atoms with van der Waals surface area (Å²) >= 11 is 0. The van der Waals surface area contributed by atoms with Crippen molar-refractivity contribution in [2.45, 2.75) is 38.8 Å². The van der Waals surface area contributed by atoms with E-state index in [1.54, 1.807) is 6.07 Å². The number of nitrogens with two attached hydrogens (primary N) is 1. The molecule has 0 aromatic heterocycles. The molecule has 19 heavy (non-hydrogen) atoms. The molecule has 0 saturated carbocycles. The van der Waals surface area contributed by atoms with Gasteiger partial charge in [-0.1, -0.05) is 13.8 Å². The molecule has 1 rings (SSSR count). The minimum Gasteiger partial charge on any atom is -0.497 e. The quantitative estimate of drug-likeness (QED) is 0.847.